The van der Waals surface area contributed by atoms with Crippen LogP contribution >= 0.6 is 0 Å². The molecule has 0 bridgehead atoms. The molecule has 1 aliphatic rings. The fourth-order valence-corrected chi connectivity index (χ4v) is 2.93. The molecule has 6 nitrogen and oxygen atoms in total. The Bertz CT molecular complexity index is 641. The number of aliphatic hydroxyl groups excluding tert-OH is 1. The van der Waals surface area contributed by atoms with Crippen LogP contribution in [0.4, 0.5) is 0 Å². The topological polar surface area (TPSA) is 71.2 Å². The Labute approximate surface area is 129 Å². The van der Waals surface area contributed by atoms with Crippen molar-refractivity contribution in [3.05, 3.63) is 42.2 Å². The van der Waals surface area contributed by atoms with Gasteiger partial charge in [-0.25, -0.2) is 4.68 Å². The quantitative estimate of drug-likeness (QED) is 0.929. The van der Waals surface area contributed by atoms with Crippen LogP contribution in [0.15, 0.2) is 36.5 Å². The molecule has 2 unspecified atom stereocenters. The van der Waals surface area contributed by atoms with Crippen molar-refractivity contribution in [1.29, 1.82) is 0 Å². The summed E-state index contributed by atoms with van der Waals surface area (Å²) in [5, 5.41) is 17.8. The monoisotopic (exact) mass is 300 g/mol. The molecule has 1 aromatic carbocycles. The summed E-state index contributed by atoms with van der Waals surface area (Å²) in [6.45, 7) is 0.554. The zero-order valence-corrected chi connectivity index (χ0v) is 12.6. The molecular weight excluding hydrogens is 280 g/mol. The summed E-state index contributed by atoms with van der Waals surface area (Å²) < 4.78 is 1.59. The normalized spacial score (nSPS) is 21.0. The van der Waals surface area contributed by atoms with Gasteiger partial charge in [-0.2, -0.15) is 0 Å². The molecule has 1 fully saturated rings. The van der Waals surface area contributed by atoms with Crippen molar-refractivity contribution < 1.29 is 9.90 Å². The average molecular weight is 300 g/mol. The minimum atomic E-state index is -0.296. The van der Waals surface area contributed by atoms with E-state index in [0.29, 0.717) is 12.2 Å². The number of carbonyl (C=O) groups excluding carboxylic acids is 1. The van der Waals surface area contributed by atoms with Crippen LogP contribution in [0.2, 0.25) is 0 Å². The maximum absolute atomic E-state index is 12.4. The van der Waals surface area contributed by atoms with Crippen LogP contribution in [0.25, 0.3) is 5.69 Å². The third kappa shape index (κ3) is 3.01. The SMILES string of the molecule is CN(CC1CCCC1O)C(=O)c1cn(-c2ccccc2)nn1. The minimum Gasteiger partial charge on any atom is -0.393 e. The van der Waals surface area contributed by atoms with E-state index < -0.39 is 0 Å². The number of aromatic nitrogens is 3. The van der Waals surface area contributed by atoms with Gasteiger partial charge in [0.25, 0.3) is 5.91 Å². The minimum absolute atomic E-state index is 0.165. The first-order valence-electron chi connectivity index (χ1n) is 7.56. The van der Waals surface area contributed by atoms with E-state index in [4.69, 9.17) is 0 Å². The van der Waals surface area contributed by atoms with Crippen LogP contribution in [-0.4, -0.2) is 50.6 Å². The lowest BCUT2D eigenvalue weighted by Crippen LogP contribution is -2.34. The zero-order valence-electron chi connectivity index (χ0n) is 12.6. The summed E-state index contributed by atoms with van der Waals surface area (Å²) in [6, 6.07) is 9.55. The van der Waals surface area contributed by atoms with Gasteiger partial charge in [0, 0.05) is 19.5 Å². The largest absolute Gasteiger partial charge is 0.393 e. The highest BCUT2D eigenvalue weighted by atomic mass is 16.3. The lowest BCUT2D eigenvalue weighted by molar-refractivity contribution is 0.0688. The Morgan fingerprint density at radius 1 is 1.36 bits per heavy atom. The van der Waals surface area contributed by atoms with Gasteiger partial charge in [-0.1, -0.05) is 29.8 Å². The Hall–Kier alpha value is -2.21. The molecule has 0 aliphatic heterocycles. The van der Waals surface area contributed by atoms with Gasteiger partial charge in [-0.3, -0.25) is 4.79 Å². The Kier molecular flexibility index (Phi) is 4.20. The number of carbonyl (C=O) groups is 1. The van der Waals surface area contributed by atoms with E-state index in [1.54, 1.807) is 22.8 Å². The second kappa shape index (κ2) is 6.27. The van der Waals surface area contributed by atoms with Crippen LogP contribution < -0.4 is 0 Å². The molecule has 1 N–H and O–H groups in total. The third-order valence-corrected chi connectivity index (χ3v) is 4.21. The van der Waals surface area contributed by atoms with E-state index in [-0.39, 0.29) is 17.9 Å². The van der Waals surface area contributed by atoms with Gasteiger partial charge in [0.2, 0.25) is 0 Å². The van der Waals surface area contributed by atoms with Gasteiger partial charge in [0.1, 0.15) is 0 Å². The lowest BCUT2D eigenvalue weighted by atomic mass is 10.1. The van der Waals surface area contributed by atoms with Crippen molar-refractivity contribution in [2.24, 2.45) is 5.92 Å². The summed E-state index contributed by atoms with van der Waals surface area (Å²) in [4.78, 5) is 14.0. The number of hydrogen-bond donors (Lipinski definition) is 1. The molecular formula is C16H20N4O2. The first-order valence-corrected chi connectivity index (χ1v) is 7.56. The second-order valence-corrected chi connectivity index (χ2v) is 5.83. The number of rotatable bonds is 4. The van der Waals surface area contributed by atoms with Gasteiger partial charge >= 0.3 is 0 Å². The number of hydrogen-bond acceptors (Lipinski definition) is 4. The molecule has 3 rings (SSSR count). The summed E-state index contributed by atoms with van der Waals surface area (Å²) in [7, 11) is 1.74. The molecule has 1 amide bonds. The summed E-state index contributed by atoms with van der Waals surface area (Å²) in [6.07, 6.45) is 4.17. The van der Waals surface area contributed by atoms with Gasteiger partial charge in [0.05, 0.1) is 18.0 Å². The molecule has 0 spiro atoms. The van der Waals surface area contributed by atoms with Gasteiger partial charge < -0.3 is 10.0 Å². The van der Waals surface area contributed by atoms with Crippen LogP contribution in [0.3, 0.4) is 0 Å². The molecule has 1 aromatic heterocycles. The van der Waals surface area contributed by atoms with Crippen LogP contribution in [0, 0.1) is 5.92 Å². The third-order valence-electron chi connectivity index (χ3n) is 4.21. The smallest absolute Gasteiger partial charge is 0.275 e. The maximum atomic E-state index is 12.4. The van der Waals surface area contributed by atoms with Gasteiger partial charge in [0.15, 0.2) is 5.69 Å². The fourth-order valence-electron chi connectivity index (χ4n) is 2.93. The van der Waals surface area contributed by atoms with E-state index in [1.165, 1.54) is 0 Å². The molecule has 1 saturated carbocycles. The van der Waals surface area contributed by atoms with Crippen LogP contribution in [0.1, 0.15) is 29.8 Å². The zero-order chi connectivity index (χ0) is 15.5. The van der Waals surface area contributed by atoms with Crippen molar-refractivity contribution in [2.45, 2.75) is 25.4 Å². The highest BCUT2D eigenvalue weighted by molar-refractivity contribution is 5.91. The maximum Gasteiger partial charge on any atom is 0.275 e. The molecule has 1 aliphatic carbocycles. The molecule has 2 aromatic rings. The van der Waals surface area contributed by atoms with E-state index in [2.05, 4.69) is 10.3 Å². The Morgan fingerprint density at radius 2 is 2.14 bits per heavy atom. The Balaban J connectivity index is 1.68. The predicted octanol–water partition coefficient (Wildman–Crippen LogP) is 1.50. The highest BCUT2D eigenvalue weighted by Gasteiger charge is 2.28. The number of aliphatic hydroxyl groups is 1. The fraction of sp³-hybridized carbons (Fsp3) is 0.438. The number of nitrogens with zero attached hydrogens (tertiary/aromatic N) is 4. The number of amides is 1. The van der Waals surface area contributed by atoms with Gasteiger partial charge in [-0.15, -0.1) is 5.10 Å². The predicted molar refractivity (Wildman–Crippen MR) is 81.7 cm³/mol. The van der Waals surface area contributed by atoms with Crippen LogP contribution in [-0.2, 0) is 0 Å². The van der Waals surface area contributed by atoms with E-state index in [0.717, 1.165) is 24.9 Å². The molecule has 116 valence electrons. The highest BCUT2D eigenvalue weighted by Crippen LogP contribution is 2.26. The van der Waals surface area contributed by atoms with Crippen molar-refractivity contribution in [3.8, 4) is 5.69 Å². The van der Waals surface area contributed by atoms with Crippen molar-refractivity contribution in [2.75, 3.05) is 13.6 Å². The van der Waals surface area contributed by atoms with Gasteiger partial charge in [-0.05, 0) is 25.0 Å². The van der Waals surface area contributed by atoms with E-state index in [1.807, 2.05) is 30.3 Å². The second-order valence-electron chi connectivity index (χ2n) is 5.83. The molecule has 22 heavy (non-hydrogen) atoms. The molecule has 1 heterocycles. The van der Waals surface area contributed by atoms with Crippen molar-refractivity contribution in [3.63, 3.8) is 0 Å². The molecule has 0 saturated heterocycles. The number of para-hydroxylation sites is 1. The van der Waals surface area contributed by atoms with Crippen LogP contribution in [0.5, 0.6) is 0 Å². The molecule has 6 heteroatoms. The summed E-state index contributed by atoms with van der Waals surface area (Å²) in [5.74, 6) is -0.000556. The van der Waals surface area contributed by atoms with E-state index in [9.17, 15) is 9.90 Å². The average Bonchev–Trinajstić information content (AvgIpc) is 3.17. The molecule has 0 radical (unpaired) electrons. The number of benzene rings is 1. The Morgan fingerprint density at radius 3 is 2.82 bits per heavy atom. The van der Waals surface area contributed by atoms with Crippen molar-refractivity contribution >= 4 is 5.91 Å². The first kappa shape index (κ1) is 14.7. The van der Waals surface area contributed by atoms with Crippen molar-refractivity contribution in [1.82, 2.24) is 19.9 Å². The molecule has 2 atom stereocenters. The van der Waals surface area contributed by atoms with E-state index >= 15 is 0 Å². The first-order chi connectivity index (χ1) is 10.6. The lowest BCUT2D eigenvalue weighted by Gasteiger charge is -2.22. The summed E-state index contributed by atoms with van der Waals surface area (Å²) >= 11 is 0. The summed E-state index contributed by atoms with van der Waals surface area (Å²) in [5.41, 5.74) is 1.18. The standard InChI is InChI=1S/C16H20N4O2/c1-19(10-12-6-5-9-15(12)21)16(22)14-11-20(18-17-14)13-7-3-2-4-8-13/h2-4,7-8,11-12,15,21H,5-6,9-10H2,1H3.